The lowest BCUT2D eigenvalue weighted by Crippen LogP contribution is -2.27. The molecule has 0 spiro atoms. The molecule has 1 amide bonds. The summed E-state index contributed by atoms with van der Waals surface area (Å²) in [7, 11) is 1.82. The number of nitrogens with zero attached hydrogens (tertiary/aromatic N) is 2. The number of carbonyl (C=O) groups is 1. The first-order valence-corrected chi connectivity index (χ1v) is 4.57. The van der Waals surface area contributed by atoms with Crippen molar-refractivity contribution in [2.24, 2.45) is 7.05 Å². The van der Waals surface area contributed by atoms with Gasteiger partial charge in [-0.1, -0.05) is 0 Å². The highest BCUT2D eigenvalue weighted by Gasteiger charge is 2.23. The van der Waals surface area contributed by atoms with Crippen LogP contribution in [0, 0.1) is 6.92 Å². The zero-order chi connectivity index (χ0) is 10.1. The van der Waals surface area contributed by atoms with Gasteiger partial charge in [-0.2, -0.15) is 5.10 Å². The summed E-state index contributed by atoms with van der Waals surface area (Å²) in [5.74, 6) is -0.135. The van der Waals surface area contributed by atoms with Gasteiger partial charge in [0.05, 0.1) is 12.7 Å². The van der Waals surface area contributed by atoms with Gasteiger partial charge >= 0.3 is 0 Å². The molecule has 0 bridgehead atoms. The summed E-state index contributed by atoms with van der Waals surface area (Å²) in [5, 5.41) is 6.83. The SMILES string of the molecule is Cc1cc(C(=O)NC[C@H]2CO2)nn1C. The Labute approximate surface area is 82.0 Å². The molecule has 5 heteroatoms. The van der Waals surface area contributed by atoms with Crippen molar-refractivity contribution in [1.29, 1.82) is 0 Å². The minimum absolute atomic E-state index is 0.135. The molecule has 0 aliphatic carbocycles. The molecular weight excluding hydrogens is 182 g/mol. The maximum Gasteiger partial charge on any atom is 0.271 e. The van der Waals surface area contributed by atoms with Gasteiger partial charge in [-0.05, 0) is 13.0 Å². The highest BCUT2D eigenvalue weighted by atomic mass is 16.6. The second-order valence-electron chi connectivity index (χ2n) is 3.46. The van der Waals surface area contributed by atoms with Crippen LogP contribution in [0.25, 0.3) is 0 Å². The van der Waals surface area contributed by atoms with Gasteiger partial charge < -0.3 is 10.1 Å². The van der Waals surface area contributed by atoms with Crippen LogP contribution in [-0.4, -0.2) is 34.9 Å². The third kappa shape index (κ3) is 1.93. The monoisotopic (exact) mass is 195 g/mol. The van der Waals surface area contributed by atoms with Crippen LogP contribution in [0.5, 0.6) is 0 Å². The van der Waals surface area contributed by atoms with Crippen LogP contribution in [-0.2, 0) is 11.8 Å². The number of nitrogens with one attached hydrogen (secondary N) is 1. The van der Waals surface area contributed by atoms with Crippen molar-refractivity contribution >= 4 is 5.91 Å². The van der Waals surface area contributed by atoms with Crippen molar-refractivity contribution in [3.05, 3.63) is 17.5 Å². The van der Waals surface area contributed by atoms with Crippen molar-refractivity contribution < 1.29 is 9.53 Å². The second kappa shape index (κ2) is 3.42. The minimum atomic E-state index is -0.135. The number of epoxide rings is 1. The Kier molecular flexibility index (Phi) is 2.25. The normalized spacial score (nSPS) is 19.4. The Hall–Kier alpha value is -1.36. The van der Waals surface area contributed by atoms with E-state index in [0.29, 0.717) is 12.2 Å². The summed E-state index contributed by atoms with van der Waals surface area (Å²) < 4.78 is 6.67. The lowest BCUT2D eigenvalue weighted by atomic mass is 10.3. The first kappa shape index (κ1) is 9.21. The molecule has 1 aliphatic rings. The third-order valence-electron chi connectivity index (χ3n) is 2.24. The first-order chi connectivity index (χ1) is 6.66. The van der Waals surface area contributed by atoms with Crippen molar-refractivity contribution in [2.75, 3.05) is 13.2 Å². The van der Waals surface area contributed by atoms with E-state index in [1.165, 1.54) is 0 Å². The number of hydrogen-bond donors (Lipinski definition) is 1. The smallest absolute Gasteiger partial charge is 0.271 e. The maximum atomic E-state index is 11.5. The number of hydrogen-bond acceptors (Lipinski definition) is 3. The van der Waals surface area contributed by atoms with Crippen LogP contribution in [0.15, 0.2) is 6.07 Å². The Balaban J connectivity index is 1.95. The van der Waals surface area contributed by atoms with Gasteiger partial charge in [-0.25, -0.2) is 0 Å². The fraction of sp³-hybridized carbons (Fsp3) is 0.556. The molecule has 5 nitrogen and oxygen atoms in total. The molecule has 0 aromatic carbocycles. The Morgan fingerprint density at radius 3 is 3.07 bits per heavy atom. The van der Waals surface area contributed by atoms with E-state index in [-0.39, 0.29) is 12.0 Å². The van der Waals surface area contributed by atoms with Crippen LogP contribution in [0.4, 0.5) is 0 Å². The van der Waals surface area contributed by atoms with Crippen LogP contribution in [0.2, 0.25) is 0 Å². The number of aromatic nitrogens is 2. The van der Waals surface area contributed by atoms with Crippen molar-refractivity contribution in [2.45, 2.75) is 13.0 Å². The van der Waals surface area contributed by atoms with Gasteiger partial charge in [0.2, 0.25) is 0 Å². The predicted molar refractivity (Wildman–Crippen MR) is 50.0 cm³/mol. The van der Waals surface area contributed by atoms with Crippen molar-refractivity contribution in [1.82, 2.24) is 15.1 Å². The van der Waals surface area contributed by atoms with Crippen LogP contribution in [0.1, 0.15) is 16.2 Å². The molecular formula is C9H13N3O2. The maximum absolute atomic E-state index is 11.5. The summed E-state index contributed by atoms with van der Waals surface area (Å²) in [6.07, 6.45) is 0.212. The molecule has 1 aromatic heterocycles. The average Bonchev–Trinajstić information content (AvgIpc) is 2.91. The van der Waals surface area contributed by atoms with E-state index in [2.05, 4.69) is 10.4 Å². The Morgan fingerprint density at radius 1 is 1.86 bits per heavy atom. The number of aryl methyl sites for hydroxylation is 2. The minimum Gasteiger partial charge on any atom is -0.371 e. The van der Waals surface area contributed by atoms with Crippen LogP contribution in [0.3, 0.4) is 0 Å². The fourth-order valence-electron chi connectivity index (χ4n) is 1.15. The van der Waals surface area contributed by atoms with Gasteiger partial charge in [0.25, 0.3) is 5.91 Å². The summed E-state index contributed by atoms with van der Waals surface area (Å²) in [6, 6.07) is 1.77. The average molecular weight is 195 g/mol. The summed E-state index contributed by atoms with van der Waals surface area (Å²) in [6.45, 7) is 3.24. The lowest BCUT2D eigenvalue weighted by molar-refractivity contribution is 0.0944. The topological polar surface area (TPSA) is 59.5 Å². The lowest BCUT2D eigenvalue weighted by Gasteiger charge is -1.98. The molecule has 1 N–H and O–H groups in total. The van der Waals surface area contributed by atoms with E-state index < -0.39 is 0 Å². The molecule has 0 saturated carbocycles. The zero-order valence-electron chi connectivity index (χ0n) is 8.28. The highest BCUT2D eigenvalue weighted by molar-refractivity contribution is 5.92. The number of carbonyl (C=O) groups excluding carboxylic acids is 1. The van der Waals surface area contributed by atoms with E-state index >= 15 is 0 Å². The molecule has 1 aliphatic heterocycles. The summed E-state index contributed by atoms with van der Waals surface area (Å²) in [5.41, 5.74) is 1.43. The van der Waals surface area contributed by atoms with Crippen LogP contribution < -0.4 is 5.32 Å². The van der Waals surface area contributed by atoms with Gasteiger partial charge in [0, 0.05) is 19.3 Å². The van der Waals surface area contributed by atoms with Crippen molar-refractivity contribution in [3.63, 3.8) is 0 Å². The molecule has 0 unspecified atom stereocenters. The van der Waals surface area contributed by atoms with Gasteiger partial charge in [-0.3, -0.25) is 9.48 Å². The molecule has 76 valence electrons. The zero-order valence-corrected chi connectivity index (χ0v) is 8.28. The molecule has 1 atom stereocenters. The molecule has 2 rings (SSSR count). The fourth-order valence-corrected chi connectivity index (χ4v) is 1.15. The molecule has 0 radical (unpaired) electrons. The second-order valence-corrected chi connectivity index (χ2v) is 3.46. The Morgan fingerprint density at radius 2 is 2.57 bits per heavy atom. The number of amides is 1. The van der Waals surface area contributed by atoms with Crippen LogP contribution >= 0.6 is 0 Å². The molecule has 14 heavy (non-hydrogen) atoms. The predicted octanol–water partition coefficient (Wildman–Crippen LogP) is -0.143. The van der Waals surface area contributed by atoms with Gasteiger partial charge in [0.1, 0.15) is 5.69 Å². The summed E-state index contributed by atoms with van der Waals surface area (Å²) >= 11 is 0. The molecule has 1 aromatic rings. The Bertz CT molecular complexity index is 335. The van der Waals surface area contributed by atoms with E-state index in [1.807, 2.05) is 14.0 Å². The largest absolute Gasteiger partial charge is 0.371 e. The number of rotatable bonds is 3. The quantitative estimate of drug-likeness (QED) is 0.683. The number of ether oxygens (including phenoxy) is 1. The van der Waals surface area contributed by atoms with E-state index in [4.69, 9.17) is 4.74 Å². The third-order valence-corrected chi connectivity index (χ3v) is 2.24. The van der Waals surface area contributed by atoms with E-state index in [1.54, 1.807) is 10.7 Å². The van der Waals surface area contributed by atoms with Crippen molar-refractivity contribution in [3.8, 4) is 0 Å². The molecule has 1 saturated heterocycles. The summed E-state index contributed by atoms with van der Waals surface area (Å²) in [4.78, 5) is 11.5. The van der Waals surface area contributed by atoms with E-state index in [0.717, 1.165) is 12.3 Å². The molecule has 1 fully saturated rings. The highest BCUT2D eigenvalue weighted by Crippen LogP contribution is 2.07. The van der Waals surface area contributed by atoms with Gasteiger partial charge in [0.15, 0.2) is 0 Å². The standard InChI is InChI=1S/C9H13N3O2/c1-6-3-8(11-12(6)2)9(13)10-4-7-5-14-7/h3,7H,4-5H2,1-2H3,(H,10,13)/t7-/m0/s1. The molecule has 2 heterocycles. The first-order valence-electron chi connectivity index (χ1n) is 4.57. The van der Waals surface area contributed by atoms with Gasteiger partial charge in [-0.15, -0.1) is 0 Å². The van der Waals surface area contributed by atoms with E-state index in [9.17, 15) is 4.79 Å².